The molecule has 2 aromatic carbocycles. The van der Waals surface area contributed by atoms with E-state index in [9.17, 15) is 13.2 Å². The van der Waals surface area contributed by atoms with Gasteiger partial charge in [-0.3, -0.25) is 4.79 Å². The number of para-hydroxylation sites is 1. The van der Waals surface area contributed by atoms with E-state index in [4.69, 9.17) is 23.2 Å². The van der Waals surface area contributed by atoms with Crippen LogP contribution in [-0.4, -0.2) is 38.3 Å². The average Bonchev–Trinajstić information content (AvgIpc) is 3.14. The van der Waals surface area contributed by atoms with Crippen molar-refractivity contribution in [1.82, 2.24) is 4.31 Å². The molecule has 154 valence electrons. The van der Waals surface area contributed by atoms with Crippen molar-refractivity contribution in [1.29, 1.82) is 0 Å². The van der Waals surface area contributed by atoms with E-state index in [1.165, 1.54) is 9.87 Å². The number of amides is 1. The molecule has 0 spiro atoms. The zero-order valence-electron chi connectivity index (χ0n) is 15.9. The van der Waals surface area contributed by atoms with Crippen LogP contribution in [0.25, 0.3) is 0 Å². The summed E-state index contributed by atoms with van der Waals surface area (Å²) in [6, 6.07) is 12.8. The number of piperidine rings is 1. The van der Waals surface area contributed by atoms with Gasteiger partial charge in [0.1, 0.15) is 0 Å². The van der Waals surface area contributed by atoms with E-state index in [2.05, 4.69) is 6.07 Å². The quantitative estimate of drug-likeness (QED) is 0.700. The van der Waals surface area contributed by atoms with E-state index in [1.807, 2.05) is 23.1 Å². The number of hydrogen-bond acceptors (Lipinski definition) is 3. The highest BCUT2D eigenvalue weighted by Gasteiger charge is 2.35. The first-order valence-electron chi connectivity index (χ1n) is 9.66. The molecule has 2 aromatic rings. The van der Waals surface area contributed by atoms with Gasteiger partial charge in [-0.15, -0.1) is 0 Å². The Morgan fingerprint density at radius 1 is 1.00 bits per heavy atom. The van der Waals surface area contributed by atoms with Crippen molar-refractivity contribution < 1.29 is 13.2 Å². The first-order chi connectivity index (χ1) is 13.8. The Balaban J connectivity index is 1.39. The van der Waals surface area contributed by atoms with E-state index in [0.717, 1.165) is 12.1 Å². The van der Waals surface area contributed by atoms with Crippen molar-refractivity contribution in [2.45, 2.75) is 25.0 Å². The second-order valence-electron chi connectivity index (χ2n) is 7.55. The van der Waals surface area contributed by atoms with Gasteiger partial charge in [0.25, 0.3) is 0 Å². The third-order valence-corrected chi connectivity index (χ3v) is 8.27. The van der Waals surface area contributed by atoms with Crippen LogP contribution in [0, 0.1) is 5.92 Å². The van der Waals surface area contributed by atoms with Gasteiger partial charge in [0.05, 0.1) is 15.8 Å². The van der Waals surface area contributed by atoms with Gasteiger partial charge in [0, 0.05) is 31.2 Å². The molecule has 0 unspecified atom stereocenters. The van der Waals surface area contributed by atoms with Crippen molar-refractivity contribution in [2.24, 2.45) is 5.92 Å². The lowest BCUT2D eigenvalue weighted by Gasteiger charge is -2.32. The fourth-order valence-corrected chi connectivity index (χ4v) is 5.97. The molecule has 2 heterocycles. The maximum Gasteiger partial charge on any atom is 0.230 e. The SMILES string of the molecule is O=C(C1CCN(S(=O)(=O)Cc2ccc(Cl)c(Cl)c2)CC1)N1CCc2ccccc21. The number of fused-ring (bicyclic) bond motifs is 1. The number of carbonyl (C=O) groups excluding carboxylic acids is 1. The van der Waals surface area contributed by atoms with E-state index in [-0.39, 0.29) is 17.6 Å². The fourth-order valence-electron chi connectivity index (χ4n) is 4.10. The Kier molecular flexibility index (Phi) is 5.89. The first kappa shape index (κ1) is 20.7. The molecule has 5 nitrogen and oxygen atoms in total. The highest BCUT2D eigenvalue weighted by Crippen LogP contribution is 2.32. The zero-order valence-corrected chi connectivity index (χ0v) is 18.2. The normalized spacial score (nSPS) is 18.1. The number of nitrogens with zero attached hydrogens (tertiary/aromatic N) is 2. The summed E-state index contributed by atoms with van der Waals surface area (Å²) in [5, 5.41) is 0.741. The minimum Gasteiger partial charge on any atom is -0.312 e. The number of sulfonamides is 1. The van der Waals surface area contributed by atoms with Crippen molar-refractivity contribution in [2.75, 3.05) is 24.5 Å². The minimum atomic E-state index is -3.48. The molecule has 2 aliphatic heterocycles. The third kappa shape index (κ3) is 4.31. The third-order valence-electron chi connectivity index (χ3n) is 5.68. The lowest BCUT2D eigenvalue weighted by molar-refractivity contribution is -0.123. The largest absolute Gasteiger partial charge is 0.312 e. The molecule has 0 N–H and O–H groups in total. The summed E-state index contributed by atoms with van der Waals surface area (Å²) in [7, 11) is -3.48. The number of hydrogen-bond donors (Lipinski definition) is 0. The summed E-state index contributed by atoms with van der Waals surface area (Å²) in [6.45, 7) is 1.42. The van der Waals surface area contributed by atoms with Gasteiger partial charge in [-0.2, -0.15) is 0 Å². The molecule has 0 bridgehead atoms. The molecule has 29 heavy (non-hydrogen) atoms. The molecule has 8 heteroatoms. The van der Waals surface area contributed by atoms with Crippen LogP contribution in [-0.2, 0) is 27.0 Å². The van der Waals surface area contributed by atoms with Crippen LogP contribution in [0.4, 0.5) is 5.69 Å². The second kappa shape index (κ2) is 8.26. The smallest absolute Gasteiger partial charge is 0.230 e. The standard InChI is InChI=1S/C21H22Cl2N2O3S/c22-18-6-5-15(13-19(18)23)14-29(27,28)24-10-7-17(8-11-24)21(26)25-12-9-16-3-1-2-4-20(16)25/h1-6,13,17H,7-12,14H2. The Morgan fingerprint density at radius 3 is 2.45 bits per heavy atom. The molecule has 0 atom stereocenters. The van der Waals surface area contributed by atoms with Crippen LogP contribution in [0.5, 0.6) is 0 Å². The summed E-state index contributed by atoms with van der Waals surface area (Å²) in [4.78, 5) is 14.9. The second-order valence-corrected chi connectivity index (χ2v) is 10.3. The highest BCUT2D eigenvalue weighted by molar-refractivity contribution is 7.88. The molecule has 0 aliphatic carbocycles. The Morgan fingerprint density at radius 2 is 1.72 bits per heavy atom. The predicted octanol–water partition coefficient (Wildman–Crippen LogP) is 4.12. The maximum atomic E-state index is 13.0. The lowest BCUT2D eigenvalue weighted by atomic mass is 9.96. The van der Waals surface area contributed by atoms with Gasteiger partial charge in [-0.1, -0.05) is 47.5 Å². The molecule has 0 saturated carbocycles. The number of carbonyl (C=O) groups is 1. The molecule has 1 saturated heterocycles. The van der Waals surface area contributed by atoms with E-state index >= 15 is 0 Å². The molecule has 1 fully saturated rings. The molecule has 1 amide bonds. The Hall–Kier alpha value is -1.60. The van der Waals surface area contributed by atoms with Crippen LogP contribution >= 0.6 is 23.2 Å². The molecule has 2 aliphatic rings. The molecule has 0 radical (unpaired) electrons. The molecule has 0 aromatic heterocycles. The number of rotatable bonds is 4. The van der Waals surface area contributed by atoms with Crippen LogP contribution in [0.2, 0.25) is 10.0 Å². The maximum absolute atomic E-state index is 13.0. The summed E-state index contributed by atoms with van der Waals surface area (Å²) >= 11 is 11.9. The number of anilines is 1. The van der Waals surface area contributed by atoms with Gasteiger partial charge in [-0.05, 0) is 48.6 Å². The number of halogens is 2. The summed E-state index contributed by atoms with van der Waals surface area (Å²) in [5.41, 5.74) is 2.79. The zero-order chi connectivity index (χ0) is 20.6. The monoisotopic (exact) mass is 452 g/mol. The molecular weight excluding hydrogens is 431 g/mol. The van der Waals surface area contributed by atoms with Crippen LogP contribution in [0.1, 0.15) is 24.0 Å². The van der Waals surface area contributed by atoms with Gasteiger partial charge in [0.2, 0.25) is 15.9 Å². The van der Waals surface area contributed by atoms with Crippen LogP contribution < -0.4 is 4.90 Å². The topological polar surface area (TPSA) is 57.7 Å². The van der Waals surface area contributed by atoms with Crippen molar-refractivity contribution in [3.8, 4) is 0 Å². The highest BCUT2D eigenvalue weighted by atomic mass is 35.5. The van der Waals surface area contributed by atoms with Crippen molar-refractivity contribution >= 4 is 44.8 Å². The van der Waals surface area contributed by atoms with Crippen LogP contribution in [0.15, 0.2) is 42.5 Å². The Labute approximate surface area is 181 Å². The first-order valence-corrected chi connectivity index (χ1v) is 12.0. The Bertz CT molecular complexity index is 1030. The predicted molar refractivity (Wildman–Crippen MR) is 116 cm³/mol. The van der Waals surface area contributed by atoms with Gasteiger partial charge < -0.3 is 4.90 Å². The van der Waals surface area contributed by atoms with Gasteiger partial charge >= 0.3 is 0 Å². The van der Waals surface area contributed by atoms with Gasteiger partial charge in [-0.25, -0.2) is 12.7 Å². The summed E-state index contributed by atoms with van der Waals surface area (Å²) in [5.74, 6) is -0.156. The average molecular weight is 453 g/mol. The van der Waals surface area contributed by atoms with Crippen molar-refractivity contribution in [3.05, 3.63) is 63.6 Å². The van der Waals surface area contributed by atoms with Crippen LogP contribution in [0.3, 0.4) is 0 Å². The van der Waals surface area contributed by atoms with Gasteiger partial charge in [0.15, 0.2) is 0 Å². The minimum absolute atomic E-state index is 0.108. The molecular formula is C21H22Cl2N2O3S. The molecule has 4 rings (SSSR count). The van der Waals surface area contributed by atoms with E-state index in [1.54, 1.807) is 18.2 Å². The summed E-state index contributed by atoms with van der Waals surface area (Å²) in [6.07, 6.45) is 1.95. The summed E-state index contributed by atoms with van der Waals surface area (Å²) < 4.78 is 27.1. The number of benzene rings is 2. The fraction of sp³-hybridized carbons (Fsp3) is 0.381. The lowest BCUT2D eigenvalue weighted by Crippen LogP contribution is -2.44. The van der Waals surface area contributed by atoms with Crippen molar-refractivity contribution in [3.63, 3.8) is 0 Å². The van der Waals surface area contributed by atoms with E-state index in [0.29, 0.717) is 48.1 Å². The van der Waals surface area contributed by atoms with E-state index < -0.39 is 10.0 Å².